The normalized spacial score (nSPS) is 16.8. The smallest absolute Gasteiger partial charge is 0.382 e. The first-order chi connectivity index (χ1) is 6.73. The van der Waals surface area contributed by atoms with Gasteiger partial charge in [-0.25, -0.2) is 0 Å². The molecule has 0 heterocycles. The Morgan fingerprint density at radius 2 is 1.67 bits per heavy atom. The molecule has 0 bridgehead atoms. The molecule has 0 aliphatic heterocycles. The van der Waals surface area contributed by atoms with Crippen molar-refractivity contribution in [1.82, 2.24) is 5.32 Å². The first kappa shape index (κ1) is 14.7. The van der Waals surface area contributed by atoms with Crippen LogP contribution >= 0.6 is 0 Å². The maximum absolute atomic E-state index is 11.9. The molecule has 92 valence electrons. The largest absolute Gasteiger partial charge is 0.415 e. The molecule has 2 unspecified atom stereocenters. The van der Waals surface area contributed by atoms with Crippen LogP contribution in [0.5, 0.6) is 0 Å². The highest BCUT2D eigenvalue weighted by atomic mass is 19.4. The minimum absolute atomic E-state index is 0.00407. The SMILES string of the molecule is CC(C)CCC(C)NCC(O)C(F)(F)F. The summed E-state index contributed by atoms with van der Waals surface area (Å²) in [6.45, 7) is 5.53. The Kier molecular flexibility index (Phi) is 6.20. The highest BCUT2D eigenvalue weighted by Crippen LogP contribution is 2.19. The summed E-state index contributed by atoms with van der Waals surface area (Å²) in [4.78, 5) is 0. The molecule has 5 heteroatoms. The van der Waals surface area contributed by atoms with Crippen molar-refractivity contribution < 1.29 is 18.3 Å². The molecule has 0 aromatic carbocycles. The van der Waals surface area contributed by atoms with Gasteiger partial charge in [-0.3, -0.25) is 0 Å². The van der Waals surface area contributed by atoms with E-state index in [4.69, 9.17) is 5.11 Å². The van der Waals surface area contributed by atoms with Gasteiger partial charge in [0.25, 0.3) is 0 Å². The van der Waals surface area contributed by atoms with E-state index < -0.39 is 18.8 Å². The summed E-state index contributed by atoms with van der Waals surface area (Å²) in [6.07, 6.45) is -5.00. The molecule has 0 saturated carbocycles. The number of nitrogens with one attached hydrogen (secondary N) is 1. The first-order valence-corrected chi connectivity index (χ1v) is 5.21. The van der Waals surface area contributed by atoms with Crippen molar-refractivity contribution in [3.8, 4) is 0 Å². The number of hydrogen-bond acceptors (Lipinski definition) is 2. The number of alkyl halides is 3. The van der Waals surface area contributed by atoms with E-state index in [1.54, 1.807) is 0 Å². The van der Waals surface area contributed by atoms with Gasteiger partial charge < -0.3 is 10.4 Å². The van der Waals surface area contributed by atoms with Crippen LogP contribution in [-0.2, 0) is 0 Å². The lowest BCUT2D eigenvalue weighted by Crippen LogP contribution is -2.41. The lowest BCUT2D eigenvalue weighted by Gasteiger charge is -2.19. The van der Waals surface area contributed by atoms with E-state index in [1.807, 2.05) is 6.92 Å². The predicted octanol–water partition coefficient (Wildman–Crippen LogP) is 2.32. The van der Waals surface area contributed by atoms with E-state index >= 15 is 0 Å². The molecule has 0 aliphatic carbocycles. The van der Waals surface area contributed by atoms with E-state index in [1.165, 1.54) is 0 Å². The third-order valence-corrected chi connectivity index (χ3v) is 2.21. The van der Waals surface area contributed by atoms with Crippen LogP contribution in [0, 0.1) is 5.92 Å². The average molecular weight is 227 g/mol. The van der Waals surface area contributed by atoms with Crippen molar-refractivity contribution in [2.24, 2.45) is 5.92 Å². The molecule has 0 amide bonds. The predicted molar refractivity (Wildman–Crippen MR) is 53.6 cm³/mol. The van der Waals surface area contributed by atoms with E-state index in [-0.39, 0.29) is 6.04 Å². The van der Waals surface area contributed by atoms with Gasteiger partial charge in [0.1, 0.15) is 0 Å². The Balaban J connectivity index is 3.66. The van der Waals surface area contributed by atoms with Gasteiger partial charge in [0.2, 0.25) is 0 Å². The van der Waals surface area contributed by atoms with Crippen LogP contribution in [-0.4, -0.2) is 30.0 Å². The molecule has 0 spiro atoms. The van der Waals surface area contributed by atoms with Crippen molar-refractivity contribution >= 4 is 0 Å². The Morgan fingerprint density at radius 1 is 1.13 bits per heavy atom. The molecule has 0 saturated heterocycles. The molecule has 0 aromatic heterocycles. The third-order valence-electron chi connectivity index (χ3n) is 2.21. The number of aliphatic hydroxyl groups is 1. The quantitative estimate of drug-likeness (QED) is 0.730. The molecule has 2 N–H and O–H groups in total. The molecule has 15 heavy (non-hydrogen) atoms. The molecule has 0 aliphatic rings. The Bertz CT molecular complexity index is 171. The van der Waals surface area contributed by atoms with E-state index in [9.17, 15) is 13.2 Å². The number of aliphatic hydroxyl groups excluding tert-OH is 1. The van der Waals surface area contributed by atoms with Crippen molar-refractivity contribution in [2.45, 2.75) is 51.9 Å². The maximum Gasteiger partial charge on any atom is 0.415 e. The molecule has 0 rings (SSSR count). The fraction of sp³-hybridized carbons (Fsp3) is 1.00. The van der Waals surface area contributed by atoms with Crippen LogP contribution in [0.25, 0.3) is 0 Å². The number of rotatable bonds is 6. The summed E-state index contributed by atoms with van der Waals surface area (Å²) in [5, 5.41) is 11.4. The molecule has 2 nitrogen and oxygen atoms in total. The first-order valence-electron chi connectivity index (χ1n) is 5.21. The summed E-state index contributed by atoms with van der Waals surface area (Å²) in [7, 11) is 0. The van der Waals surface area contributed by atoms with Gasteiger partial charge in [-0.2, -0.15) is 13.2 Å². The standard InChI is InChI=1S/C10H20F3NO/c1-7(2)4-5-8(3)14-6-9(15)10(11,12)13/h7-9,14-15H,4-6H2,1-3H3. The van der Waals surface area contributed by atoms with Crippen LogP contribution in [0.1, 0.15) is 33.6 Å². The van der Waals surface area contributed by atoms with Crippen LogP contribution in [0.3, 0.4) is 0 Å². The van der Waals surface area contributed by atoms with Crippen molar-refractivity contribution in [3.63, 3.8) is 0 Å². The maximum atomic E-state index is 11.9. The van der Waals surface area contributed by atoms with Gasteiger partial charge in [-0.1, -0.05) is 13.8 Å². The lowest BCUT2D eigenvalue weighted by atomic mass is 10.0. The summed E-state index contributed by atoms with van der Waals surface area (Å²) < 4.78 is 35.8. The number of hydrogen-bond donors (Lipinski definition) is 2. The van der Waals surface area contributed by atoms with Gasteiger partial charge in [-0.15, -0.1) is 0 Å². The minimum Gasteiger partial charge on any atom is -0.382 e. The fourth-order valence-corrected chi connectivity index (χ4v) is 1.11. The molecular formula is C10H20F3NO. The van der Waals surface area contributed by atoms with Crippen LogP contribution in [0.4, 0.5) is 13.2 Å². The highest BCUT2D eigenvalue weighted by Gasteiger charge is 2.37. The van der Waals surface area contributed by atoms with Crippen LogP contribution in [0.15, 0.2) is 0 Å². The van der Waals surface area contributed by atoms with Gasteiger partial charge >= 0.3 is 6.18 Å². The van der Waals surface area contributed by atoms with E-state index in [2.05, 4.69) is 19.2 Å². The molecule has 0 aromatic rings. The Morgan fingerprint density at radius 3 is 2.07 bits per heavy atom. The summed E-state index contributed by atoms with van der Waals surface area (Å²) in [6, 6.07) is 0.00407. The topological polar surface area (TPSA) is 32.3 Å². The summed E-state index contributed by atoms with van der Waals surface area (Å²) in [5.41, 5.74) is 0. The Labute approximate surface area is 88.9 Å². The zero-order chi connectivity index (χ0) is 12.1. The van der Waals surface area contributed by atoms with E-state index in [0.717, 1.165) is 12.8 Å². The Hall–Kier alpha value is -0.290. The van der Waals surface area contributed by atoms with Crippen LogP contribution in [0.2, 0.25) is 0 Å². The molecule has 0 radical (unpaired) electrons. The van der Waals surface area contributed by atoms with Gasteiger partial charge in [0.15, 0.2) is 6.10 Å². The average Bonchev–Trinajstić information content (AvgIpc) is 2.09. The minimum atomic E-state index is -4.52. The zero-order valence-corrected chi connectivity index (χ0v) is 9.43. The second-order valence-corrected chi connectivity index (χ2v) is 4.34. The highest BCUT2D eigenvalue weighted by molar-refractivity contribution is 4.71. The lowest BCUT2D eigenvalue weighted by molar-refractivity contribution is -0.202. The van der Waals surface area contributed by atoms with Gasteiger partial charge in [0.05, 0.1) is 0 Å². The van der Waals surface area contributed by atoms with Crippen molar-refractivity contribution in [1.29, 1.82) is 0 Å². The number of halogens is 3. The fourth-order valence-electron chi connectivity index (χ4n) is 1.11. The third kappa shape index (κ3) is 7.62. The van der Waals surface area contributed by atoms with Crippen molar-refractivity contribution in [3.05, 3.63) is 0 Å². The van der Waals surface area contributed by atoms with Crippen molar-refractivity contribution in [2.75, 3.05) is 6.54 Å². The van der Waals surface area contributed by atoms with Gasteiger partial charge in [0, 0.05) is 12.6 Å². The molecular weight excluding hydrogens is 207 g/mol. The second-order valence-electron chi connectivity index (χ2n) is 4.34. The van der Waals surface area contributed by atoms with Gasteiger partial charge in [-0.05, 0) is 25.7 Å². The summed E-state index contributed by atoms with van der Waals surface area (Å²) in [5.74, 6) is 0.543. The monoisotopic (exact) mass is 227 g/mol. The molecule has 2 atom stereocenters. The second kappa shape index (κ2) is 6.33. The molecule has 0 fully saturated rings. The zero-order valence-electron chi connectivity index (χ0n) is 9.43. The van der Waals surface area contributed by atoms with E-state index in [0.29, 0.717) is 5.92 Å². The van der Waals surface area contributed by atoms with Crippen LogP contribution < -0.4 is 5.32 Å². The summed E-state index contributed by atoms with van der Waals surface area (Å²) >= 11 is 0.